The minimum Gasteiger partial charge on any atom is -0.376 e. The van der Waals surface area contributed by atoms with Gasteiger partial charge in [-0.05, 0) is 25.2 Å². The summed E-state index contributed by atoms with van der Waals surface area (Å²) in [4.78, 5) is 10.6. The second kappa shape index (κ2) is 5.27. The van der Waals surface area contributed by atoms with E-state index in [4.69, 9.17) is 4.74 Å². The molecule has 1 saturated heterocycles. The van der Waals surface area contributed by atoms with E-state index in [1.807, 2.05) is 12.1 Å². The monoisotopic (exact) mass is 262 g/mol. The molecule has 1 saturated carbocycles. The van der Waals surface area contributed by atoms with Gasteiger partial charge in [0.15, 0.2) is 0 Å². The van der Waals surface area contributed by atoms with Crippen molar-refractivity contribution in [2.75, 3.05) is 6.61 Å². The SMILES string of the molecule is O=[N+]([O-])c1ccccc1CNC1CCOC1C1CC1. The fourth-order valence-corrected chi connectivity index (χ4v) is 2.80. The maximum absolute atomic E-state index is 11.0. The van der Waals surface area contributed by atoms with E-state index in [1.54, 1.807) is 12.1 Å². The van der Waals surface area contributed by atoms with Gasteiger partial charge >= 0.3 is 0 Å². The van der Waals surface area contributed by atoms with Crippen molar-refractivity contribution in [3.63, 3.8) is 0 Å². The average molecular weight is 262 g/mol. The van der Waals surface area contributed by atoms with Crippen LogP contribution in [0.15, 0.2) is 24.3 Å². The molecular formula is C14H18N2O3. The van der Waals surface area contributed by atoms with Gasteiger partial charge in [0.25, 0.3) is 5.69 Å². The largest absolute Gasteiger partial charge is 0.376 e. The van der Waals surface area contributed by atoms with E-state index in [1.165, 1.54) is 12.8 Å². The summed E-state index contributed by atoms with van der Waals surface area (Å²) >= 11 is 0. The van der Waals surface area contributed by atoms with Crippen LogP contribution in [-0.4, -0.2) is 23.7 Å². The molecule has 1 aromatic carbocycles. The van der Waals surface area contributed by atoms with Crippen molar-refractivity contribution < 1.29 is 9.66 Å². The molecule has 2 atom stereocenters. The number of hydrogen-bond donors (Lipinski definition) is 1. The van der Waals surface area contributed by atoms with E-state index in [-0.39, 0.29) is 10.6 Å². The second-order valence-corrected chi connectivity index (χ2v) is 5.33. The standard InChI is InChI=1S/C14H18N2O3/c17-16(18)13-4-2-1-3-11(13)9-15-12-7-8-19-14(12)10-5-6-10/h1-4,10,12,14-15H,5-9H2. The van der Waals surface area contributed by atoms with Gasteiger partial charge < -0.3 is 10.1 Å². The van der Waals surface area contributed by atoms with Crippen LogP contribution in [-0.2, 0) is 11.3 Å². The normalized spacial score (nSPS) is 26.5. The van der Waals surface area contributed by atoms with Crippen LogP contribution in [0.4, 0.5) is 5.69 Å². The number of nitro groups is 1. The quantitative estimate of drug-likeness (QED) is 0.653. The van der Waals surface area contributed by atoms with Crippen molar-refractivity contribution in [3.05, 3.63) is 39.9 Å². The first-order valence-electron chi connectivity index (χ1n) is 6.83. The van der Waals surface area contributed by atoms with Crippen molar-refractivity contribution in [1.29, 1.82) is 0 Å². The van der Waals surface area contributed by atoms with Crippen LogP contribution >= 0.6 is 0 Å². The molecule has 0 radical (unpaired) electrons. The lowest BCUT2D eigenvalue weighted by atomic mass is 10.1. The summed E-state index contributed by atoms with van der Waals surface area (Å²) in [5.41, 5.74) is 0.936. The summed E-state index contributed by atoms with van der Waals surface area (Å²) in [6.07, 6.45) is 3.83. The lowest BCUT2D eigenvalue weighted by Crippen LogP contribution is -2.37. The van der Waals surface area contributed by atoms with Crippen LogP contribution in [0.25, 0.3) is 0 Å². The smallest absolute Gasteiger partial charge is 0.273 e. The maximum atomic E-state index is 11.0. The molecule has 1 aromatic rings. The van der Waals surface area contributed by atoms with Crippen LogP contribution in [0.5, 0.6) is 0 Å². The Labute approximate surface area is 112 Å². The fourth-order valence-electron chi connectivity index (χ4n) is 2.80. The van der Waals surface area contributed by atoms with Gasteiger partial charge in [-0.1, -0.05) is 18.2 Å². The van der Waals surface area contributed by atoms with Gasteiger partial charge in [-0.3, -0.25) is 10.1 Å². The van der Waals surface area contributed by atoms with Crippen LogP contribution < -0.4 is 5.32 Å². The molecule has 1 aliphatic carbocycles. The molecule has 0 amide bonds. The molecule has 1 heterocycles. The zero-order chi connectivity index (χ0) is 13.2. The second-order valence-electron chi connectivity index (χ2n) is 5.33. The first kappa shape index (κ1) is 12.6. The Hall–Kier alpha value is -1.46. The molecular weight excluding hydrogens is 244 g/mol. The minimum atomic E-state index is -0.319. The first-order valence-corrected chi connectivity index (χ1v) is 6.83. The van der Waals surface area contributed by atoms with E-state index in [0.717, 1.165) is 18.6 Å². The molecule has 1 aliphatic heterocycles. The Morgan fingerprint density at radius 2 is 2.11 bits per heavy atom. The summed E-state index contributed by atoms with van der Waals surface area (Å²) < 4.78 is 5.76. The molecule has 5 heteroatoms. The van der Waals surface area contributed by atoms with Crippen LogP contribution in [0.3, 0.4) is 0 Å². The predicted octanol–water partition coefficient (Wildman–Crippen LogP) is 2.25. The molecule has 3 rings (SSSR count). The maximum Gasteiger partial charge on any atom is 0.273 e. The molecule has 0 bridgehead atoms. The van der Waals surface area contributed by atoms with Gasteiger partial charge in [0.05, 0.1) is 11.0 Å². The molecule has 2 unspecified atom stereocenters. The number of nitrogens with one attached hydrogen (secondary N) is 1. The van der Waals surface area contributed by atoms with E-state index in [0.29, 0.717) is 24.6 Å². The minimum absolute atomic E-state index is 0.192. The summed E-state index contributed by atoms with van der Waals surface area (Å²) in [7, 11) is 0. The van der Waals surface area contributed by atoms with Gasteiger partial charge in [0.1, 0.15) is 0 Å². The average Bonchev–Trinajstić information content (AvgIpc) is 3.15. The highest BCUT2D eigenvalue weighted by Crippen LogP contribution is 2.38. The molecule has 2 fully saturated rings. The van der Waals surface area contributed by atoms with Gasteiger partial charge in [0, 0.05) is 30.8 Å². The lowest BCUT2D eigenvalue weighted by Gasteiger charge is -2.19. The highest BCUT2D eigenvalue weighted by molar-refractivity contribution is 5.39. The van der Waals surface area contributed by atoms with E-state index in [9.17, 15) is 10.1 Å². The first-order chi connectivity index (χ1) is 9.25. The zero-order valence-electron chi connectivity index (χ0n) is 10.7. The Balaban J connectivity index is 1.64. The van der Waals surface area contributed by atoms with E-state index < -0.39 is 0 Å². The van der Waals surface area contributed by atoms with Gasteiger partial charge in [0.2, 0.25) is 0 Å². The number of ether oxygens (including phenoxy) is 1. The summed E-state index contributed by atoms with van der Waals surface area (Å²) in [6, 6.07) is 7.25. The van der Waals surface area contributed by atoms with Gasteiger partial charge in [-0.25, -0.2) is 0 Å². The Morgan fingerprint density at radius 1 is 1.32 bits per heavy atom. The number of para-hydroxylation sites is 1. The number of nitrogens with zero attached hydrogens (tertiary/aromatic N) is 1. The third-order valence-electron chi connectivity index (χ3n) is 3.97. The number of benzene rings is 1. The van der Waals surface area contributed by atoms with Crippen LogP contribution in [0, 0.1) is 16.0 Å². The zero-order valence-corrected chi connectivity index (χ0v) is 10.7. The Kier molecular flexibility index (Phi) is 3.48. The van der Waals surface area contributed by atoms with Crippen LogP contribution in [0.1, 0.15) is 24.8 Å². The number of rotatable bonds is 5. The third-order valence-corrected chi connectivity index (χ3v) is 3.97. The van der Waals surface area contributed by atoms with Crippen molar-refractivity contribution in [2.45, 2.75) is 38.0 Å². The predicted molar refractivity (Wildman–Crippen MR) is 70.8 cm³/mol. The molecule has 102 valence electrons. The van der Waals surface area contributed by atoms with Crippen LogP contribution in [0.2, 0.25) is 0 Å². The number of nitro benzene ring substituents is 1. The lowest BCUT2D eigenvalue weighted by molar-refractivity contribution is -0.385. The summed E-state index contributed by atoms with van der Waals surface area (Å²) in [5, 5.41) is 14.4. The van der Waals surface area contributed by atoms with Crippen molar-refractivity contribution in [3.8, 4) is 0 Å². The molecule has 19 heavy (non-hydrogen) atoms. The van der Waals surface area contributed by atoms with Crippen molar-refractivity contribution in [1.82, 2.24) is 5.32 Å². The molecule has 2 aliphatic rings. The van der Waals surface area contributed by atoms with Gasteiger partial charge in [-0.15, -0.1) is 0 Å². The third kappa shape index (κ3) is 2.77. The molecule has 5 nitrogen and oxygen atoms in total. The highest BCUT2D eigenvalue weighted by atomic mass is 16.6. The van der Waals surface area contributed by atoms with Gasteiger partial charge in [-0.2, -0.15) is 0 Å². The fraction of sp³-hybridized carbons (Fsp3) is 0.571. The summed E-state index contributed by atoms with van der Waals surface area (Å²) in [6.45, 7) is 1.34. The molecule has 0 aromatic heterocycles. The summed E-state index contributed by atoms with van der Waals surface area (Å²) in [5.74, 6) is 0.700. The Morgan fingerprint density at radius 3 is 2.84 bits per heavy atom. The molecule has 1 N–H and O–H groups in total. The van der Waals surface area contributed by atoms with Crippen molar-refractivity contribution in [2.24, 2.45) is 5.92 Å². The Bertz CT molecular complexity index is 474. The topological polar surface area (TPSA) is 64.4 Å². The van der Waals surface area contributed by atoms with Crippen molar-refractivity contribution >= 4 is 5.69 Å². The highest BCUT2D eigenvalue weighted by Gasteiger charge is 2.40. The molecule has 0 spiro atoms. The van der Waals surface area contributed by atoms with E-state index >= 15 is 0 Å². The number of hydrogen-bond acceptors (Lipinski definition) is 4. The van der Waals surface area contributed by atoms with E-state index in [2.05, 4.69) is 5.32 Å².